The van der Waals surface area contributed by atoms with Crippen molar-refractivity contribution in [3.8, 4) is 0 Å². The van der Waals surface area contributed by atoms with Gasteiger partial charge >= 0.3 is 0 Å². The van der Waals surface area contributed by atoms with Crippen molar-refractivity contribution in [2.45, 2.75) is 26.1 Å². The molecule has 3 nitrogen and oxygen atoms in total. The molecule has 0 aliphatic carbocycles. The number of hydrogen-bond acceptors (Lipinski definition) is 3. The van der Waals surface area contributed by atoms with E-state index in [-0.39, 0.29) is 6.61 Å². The standard InChI is InChI=1S/C6H14O3/c1-2-3-4-9-5-6(7)8/h6-8H,2-5H2,1H3. The Morgan fingerprint density at radius 3 is 2.56 bits per heavy atom. The predicted molar refractivity (Wildman–Crippen MR) is 34.0 cm³/mol. The van der Waals surface area contributed by atoms with Crippen LogP contribution in [0.25, 0.3) is 0 Å². The van der Waals surface area contributed by atoms with E-state index in [1.807, 2.05) is 0 Å². The molecule has 0 saturated carbocycles. The Balaban J connectivity index is 2.75. The summed E-state index contributed by atoms with van der Waals surface area (Å²) >= 11 is 0. The molecule has 0 unspecified atom stereocenters. The van der Waals surface area contributed by atoms with Gasteiger partial charge in [0.2, 0.25) is 0 Å². The summed E-state index contributed by atoms with van der Waals surface area (Å²) in [5.74, 6) is 0. The molecule has 0 aromatic carbocycles. The molecular weight excluding hydrogens is 120 g/mol. The molecule has 9 heavy (non-hydrogen) atoms. The molecule has 0 radical (unpaired) electrons. The molecule has 0 aliphatic heterocycles. The van der Waals surface area contributed by atoms with Crippen molar-refractivity contribution < 1.29 is 14.9 Å². The van der Waals surface area contributed by atoms with Crippen LogP contribution >= 0.6 is 0 Å². The van der Waals surface area contributed by atoms with Crippen LogP contribution in [0.4, 0.5) is 0 Å². The summed E-state index contributed by atoms with van der Waals surface area (Å²) in [5, 5.41) is 16.6. The molecule has 0 spiro atoms. The maximum absolute atomic E-state index is 8.28. The Kier molecular flexibility index (Phi) is 5.93. The van der Waals surface area contributed by atoms with Gasteiger partial charge in [-0.3, -0.25) is 0 Å². The lowest BCUT2D eigenvalue weighted by Gasteiger charge is -2.03. The number of aliphatic hydroxyl groups excluding tert-OH is 1. The van der Waals surface area contributed by atoms with Gasteiger partial charge in [0.15, 0.2) is 6.29 Å². The highest BCUT2D eigenvalue weighted by atomic mass is 16.5. The van der Waals surface area contributed by atoms with Gasteiger partial charge < -0.3 is 14.9 Å². The first-order valence-corrected chi connectivity index (χ1v) is 3.21. The fourth-order valence-corrected chi connectivity index (χ4v) is 0.435. The Bertz CT molecular complexity index is 54.3. The van der Waals surface area contributed by atoms with Gasteiger partial charge in [0.05, 0.1) is 6.61 Å². The monoisotopic (exact) mass is 134 g/mol. The maximum atomic E-state index is 8.28. The second-order valence-electron chi connectivity index (χ2n) is 1.91. The molecule has 0 heterocycles. The molecular formula is C6H14O3. The Labute approximate surface area is 55.3 Å². The average molecular weight is 134 g/mol. The van der Waals surface area contributed by atoms with Crippen molar-refractivity contribution >= 4 is 0 Å². The van der Waals surface area contributed by atoms with Crippen LogP contribution in [0.3, 0.4) is 0 Å². The van der Waals surface area contributed by atoms with Crippen molar-refractivity contribution in [3.63, 3.8) is 0 Å². The SMILES string of the molecule is CCCCOCC(O)O. The summed E-state index contributed by atoms with van der Waals surface area (Å²) < 4.78 is 4.84. The summed E-state index contributed by atoms with van der Waals surface area (Å²) in [6.07, 6.45) is 0.732. The highest BCUT2D eigenvalue weighted by Crippen LogP contribution is 1.88. The molecule has 0 bridgehead atoms. The minimum Gasteiger partial charge on any atom is -0.376 e. The fourth-order valence-electron chi connectivity index (χ4n) is 0.435. The molecule has 0 atom stereocenters. The second kappa shape index (κ2) is 6.01. The van der Waals surface area contributed by atoms with Crippen LogP contribution in [0.2, 0.25) is 0 Å². The predicted octanol–water partition coefficient (Wildman–Crippen LogP) is 0.114. The van der Waals surface area contributed by atoms with E-state index in [0.29, 0.717) is 6.61 Å². The Morgan fingerprint density at radius 2 is 2.11 bits per heavy atom. The molecule has 0 aromatic heterocycles. The molecule has 0 fully saturated rings. The third-order valence-electron chi connectivity index (χ3n) is 0.909. The zero-order valence-corrected chi connectivity index (χ0v) is 5.71. The molecule has 3 heteroatoms. The topological polar surface area (TPSA) is 49.7 Å². The van der Waals surface area contributed by atoms with Gasteiger partial charge in [-0.05, 0) is 6.42 Å². The highest BCUT2D eigenvalue weighted by molar-refractivity contribution is 4.34. The van der Waals surface area contributed by atoms with Gasteiger partial charge in [0.1, 0.15) is 0 Å². The van der Waals surface area contributed by atoms with Gasteiger partial charge in [0, 0.05) is 6.61 Å². The van der Waals surface area contributed by atoms with E-state index >= 15 is 0 Å². The first-order chi connectivity index (χ1) is 4.27. The van der Waals surface area contributed by atoms with Crippen LogP contribution in [0.5, 0.6) is 0 Å². The summed E-state index contributed by atoms with van der Waals surface area (Å²) in [6, 6.07) is 0. The normalized spacial score (nSPS) is 10.7. The van der Waals surface area contributed by atoms with Crippen LogP contribution in [0, 0.1) is 0 Å². The fraction of sp³-hybridized carbons (Fsp3) is 1.00. The zero-order valence-electron chi connectivity index (χ0n) is 5.71. The highest BCUT2D eigenvalue weighted by Gasteiger charge is 1.94. The van der Waals surface area contributed by atoms with E-state index < -0.39 is 6.29 Å². The van der Waals surface area contributed by atoms with Crippen LogP contribution in [0.1, 0.15) is 19.8 Å². The lowest BCUT2D eigenvalue weighted by Crippen LogP contribution is -2.13. The van der Waals surface area contributed by atoms with E-state index in [1.54, 1.807) is 0 Å². The molecule has 0 amide bonds. The number of hydrogen-bond donors (Lipinski definition) is 2. The number of ether oxygens (including phenoxy) is 1. The van der Waals surface area contributed by atoms with Gasteiger partial charge in [-0.25, -0.2) is 0 Å². The molecule has 56 valence electrons. The van der Waals surface area contributed by atoms with E-state index in [4.69, 9.17) is 14.9 Å². The molecule has 2 N–H and O–H groups in total. The van der Waals surface area contributed by atoms with E-state index in [0.717, 1.165) is 12.8 Å². The average Bonchev–Trinajstić information content (AvgIpc) is 1.80. The first kappa shape index (κ1) is 8.88. The lowest BCUT2D eigenvalue weighted by molar-refractivity contribution is -0.0948. The molecule has 0 aromatic rings. The number of unbranched alkanes of at least 4 members (excludes halogenated alkanes) is 1. The van der Waals surface area contributed by atoms with Crippen molar-refractivity contribution in [2.24, 2.45) is 0 Å². The van der Waals surface area contributed by atoms with Crippen molar-refractivity contribution in [1.29, 1.82) is 0 Å². The van der Waals surface area contributed by atoms with E-state index in [1.165, 1.54) is 0 Å². The number of aliphatic hydroxyl groups is 2. The third kappa shape index (κ3) is 7.88. The second-order valence-corrected chi connectivity index (χ2v) is 1.91. The third-order valence-corrected chi connectivity index (χ3v) is 0.909. The van der Waals surface area contributed by atoms with Crippen molar-refractivity contribution in [1.82, 2.24) is 0 Å². The maximum Gasteiger partial charge on any atom is 0.175 e. The van der Waals surface area contributed by atoms with Crippen LogP contribution in [0.15, 0.2) is 0 Å². The van der Waals surface area contributed by atoms with Crippen LogP contribution in [-0.2, 0) is 4.74 Å². The van der Waals surface area contributed by atoms with Gasteiger partial charge in [-0.2, -0.15) is 0 Å². The minimum absolute atomic E-state index is 0.0278. The van der Waals surface area contributed by atoms with Crippen molar-refractivity contribution in [3.05, 3.63) is 0 Å². The van der Waals surface area contributed by atoms with E-state index in [9.17, 15) is 0 Å². The Morgan fingerprint density at radius 1 is 1.44 bits per heavy atom. The van der Waals surface area contributed by atoms with Crippen molar-refractivity contribution in [2.75, 3.05) is 13.2 Å². The van der Waals surface area contributed by atoms with Gasteiger partial charge in [0.25, 0.3) is 0 Å². The van der Waals surface area contributed by atoms with Crippen LogP contribution < -0.4 is 0 Å². The quantitative estimate of drug-likeness (QED) is 0.414. The molecule has 0 aliphatic rings. The minimum atomic E-state index is -1.32. The molecule has 0 saturated heterocycles. The Hall–Kier alpha value is -0.120. The largest absolute Gasteiger partial charge is 0.376 e. The summed E-state index contributed by atoms with van der Waals surface area (Å²) in [4.78, 5) is 0. The summed E-state index contributed by atoms with van der Waals surface area (Å²) in [7, 11) is 0. The van der Waals surface area contributed by atoms with Crippen LogP contribution in [-0.4, -0.2) is 29.7 Å². The molecule has 0 rings (SSSR count). The lowest BCUT2D eigenvalue weighted by atomic mass is 10.4. The first-order valence-electron chi connectivity index (χ1n) is 3.21. The summed E-state index contributed by atoms with van der Waals surface area (Å²) in [5.41, 5.74) is 0. The smallest absolute Gasteiger partial charge is 0.175 e. The summed E-state index contributed by atoms with van der Waals surface area (Å²) in [6.45, 7) is 2.70. The van der Waals surface area contributed by atoms with Gasteiger partial charge in [-0.15, -0.1) is 0 Å². The van der Waals surface area contributed by atoms with Gasteiger partial charge in [-0.1, -0.05) is 13.3 Å². The zero-order chi connectivity index (χ0) is 7.11. The number of rotatable bonds is 5. The van der Waals surface area contributed by atoms with E-state index in [2.05, 4.69) is 6.92 Å².